The van der Waals surface area contributed by atoms with E-state index in [-0.39, 0.29) is 24.8 Å². The van der Waals surface area contributed by atoms with Gasteiger partial charge in [-0.1, -0.05) is 0 Å². The first-order valence-corrected chi connectivity index (χ1v) is 5.11. The molecule has 0 aliphatic heterocycles. The SMILES string of the molecule is CSCC1=[C]([Ti])CC=C1.Cl.Cl. The molecule has 0 atom stereocenters. The Morgan fingerprint density at radius 2 is 2.18 bits per heavy atom. The molecular weight excluding hydrogens is 235 g/mol. The molecule has 0 fully saturated rings. The Morgan fingerprint density at radius 1 is 1.55 bits per heavy atom. The second kappa shape index (κ2) is 7.76. The van der Waals surface area contributed by atoms with Crippen LogP contribution in [0.3, 0.4) is 0 Å². The minimum Gasteiger partial charge on any atom is -0.147 e. The summed E-state index contributed by atoms with van der Waals surface area (Å²) in [6, 6.07) is 0. The number of hydrogen-bond donors (Lipinski definition) is 0. The molecule has 0 bridgehead atoms. The maximum Gasteiger partial charge on any atom is -0.147 e. The summed E-state index contributed by atoms with van der Waals surface area (Å²) in [6.07, 6.45) is 7.80. The monoisotopic (exact) mass is 245 g/mol. The Hall–Kier alpha value is 1.12. The molecule has 0 saturated heterocycles. The predicted molar refractivity (Wildman–Crippen MR) is 53.7 cm³/mol. The molecule has 0 spiro atoms. The van der Waals surface area contributed by atoms with E-state index in [2.05, 4.69) is 38.8 Å². The molecule has 0 unspecified atom stereocenters. The van der Waals surface area contributed by atoms with E-state index in [1.165, 1.54) is 17.7 Å². The number of hydrogen-bond acceptors (Lipinski definition) is 1. The van der Waals surface area contributed by atoms with Gasteiger partial charge in [0.05, 0.1) is 0 Å². The van der Waals surface area contributed by atoms with Gasteiger partial charge >= 0.3 is 72.2 Å². The van der Waals surface area contributed by atoms with Gasteiger partial charge in [-0.3, -0.25) is 0 Å². The van der Waals surface area contributed by atoms with Crippen molar-refractivity contribution in [3.63, 3.8) is 0 Å². The van der Waals surface area contributed by atoms with Crippen molar-refractivity contribution in [3.8, 4) is 0 Å². The van der Waals surface area contributed by atoms with E-state index in [1.54, 1.807) is 3.88 Å². The summed E-state index contributed by atoms with van der Waals surface area (Å²) in [6.45, 7) is 0. The van der Waals surface area contributed by atoms with Gasteiger partial charge in [0, 0.05) is 0 Å². The van der Waals surface area contributed by atoms with Crippen LogP contribution in [-0.4, -0.2) is 12.0 Å². The van der Waals surface area contributed by atoms with E-state index in [0.717, 1.165) is 0 Å². The summed E-state index contributed by atoms with van der Waals surface area (Å²) >= 11 is 4.11. The summed E-state index contributed by atoms with van der Waals surface area (Å²) in [5.74, 6) is 1.18. The molecule has 0 aromatic carbocycles. The second-order valence-corrected chi connectivity index (χ2v) is 3.85. The van der Waals surface area contributed by atoms with E-state index in [9.17, 15) is 0 Å². The molecule has 1 aliphatic carbocycles. The fraction of sp³-hybridized carbons (Fsp3) is 0.429. The fourth-order valence-electron chi connectivity index (χ4n) is 0.841. The van der Waals surface area contributed by atoms with Gasteiger partial charge in [0.25, 0.3) is 0 Å². The molecule has 0 amide bonds. The van der Waals surface area contributed by atoms with Crippen LogP contribution in [0, 0.1) is 0 Å². The number of allylic oxidation sites excluding steroid dienone is 3. The Kier molecular flexibility index (Phi) is 10.3. The van der Waals surface area contributed by atoms with Crippen LogP contribution in [-0.2, 0) is 20.4 Å². The second-order valence-electron chi connectivity index (χ2n) is 2.04. The van der Waals surface area contributed by atoms with Gasteiger partial charge in [0.1, 0.15) is 0 Å². The molecule has 0 heterocycles. The maximum absolute atomic E-state index is 2.24. The zero-order valence-corrected chi connectivity index (χ0v) is 10.3. The van der Waals surface area contributed by atoms with Gasteiger partial charge < -0.3 is 0 Å². The van der Waals surface area contributed by atoms with Crippen molar-refractivity contribution >= 4 is 36.6 Å². The van der Waals surface area contributed by atoms with Gasteiger partial charge in [-0.25, -0.2) is 0 Å². The summed E-state index contributed by atoms with van der Waals surface area (Å²) in [4.78, 5) is 0. The first-order chi connectivity index (χ1) is 4.34. The molecule has 63 valence electrons. The van der Waals surface area contributed by atoms with Crippen molar-refractivity contribution in [1.82, 2.24) is 0 Å². The molecule has 1 rings (SSSR count). The average Bonchev–Trinajstić information content (AvgIpc) is 2.18. The first kappa shape index (κ1) is 14.6. The summed E-state index contributed by atoms with van der Waals surface area (Å²) in [5.41, 5.74) is 1.53. The van der Waals surface area contributed by atoms with Crippen molar-refractivity contribution in [2.24, 2.45) is 0 Å². The minimum atomic E-state index is 0. The first-order valence-electron chi connectivity index (χ1n) is 2.93. The largest absolute Gasteiger partial charge is 0.147 e. The Bertz CT molecular complexity index is 166. The van der Waals surface area contributed by atoms with Crippen molar-refractivity contribution < 1.29 is 20.4 Å². The smallest absolute Gasteiger partial charge is 0.147 e. The maximum atomic E-state index is 2.24. The molecule has 4 heteroatoms. The third-order valence-electron chi connectivity index (χ3n) is 1.33. The molecule has 0 N–H and O–H groups in total. The van der Waals surface area contributed by atoms with Crippen LogP contribution in [0.4, 0.5) is 0 Å². The average molecular weight is 246 g/mol. The molecule has 0 nitrogen and oxygen atoms in total. The van der Waals surface area contributed by atoms with Gasteiger partial charge in [-0.2, -0.15) is 0 Å². The Balaban J connectivity index is 0. The van der Waals surface area contributed by atoms with E-state index in [0.29, 0.717) is 0 Å². The van der Waals surface area contributed by atoms with Gasteiger partial charge in [0.2, 0.25) is 0 Å². The van der Waals surface area contributed by atoms with Gasteiger partial charge in [0.15, 0.2) is 0 Å². The van der Waals surface area contributed by atoms with Crippen LogP contribution >= 0.6 is 36.6 Å². The topological polar surface area (TPSA) is 0 Å². The fourth-order valence-corrected chi connectivity index (χ4v) is 2.08. The Morgan fingerprint density at radius 3 is 2.55 bits per heavy atom. The van der Waals surface area contributed by atoms with E-state index in [1.807, 2.05) is 11.8 Å². The van der Waals surface area contributed by atoms with Crippen LogP contribution in [0.2, 0.25) is 0 Å². The summed E-state index contributed by atoms with van der Waals surface area (Å²) in [7, 11) is 0. The van der Waals surface area contributed by atoms with Crippen LogP contribution in [0.25, 0.3) is 0 Å². The molecule has 0 aromatic rings. The van der Waals surface area contributed by atoms with Crippen LogP contribution < -0.4 is 0 Å². The number of thioether (sulfide) groups is 1. The van der Waals surface area contributed by atoms with Crippen LogP contribution in [0.5, 0.6) is 0 Å². The van der Waals surface area contributed by atoms with Crippen molar-refractivity contribution in [2.75, 3.05) is 12.0 Å². The van der Waals surface area contributed by atoms with Crippen LogP contribution in [0.1, 0.15) is 6.42 Å². The zero-order chi connectivity index (χ0) is 6.69. The molecule has 1 aliphatic rings. The molecule has 11 heavy (non-hydrogen) atoms. The molecular formula is C7H11Cl2STi. The zero-order valence-electron chi connectivity index (χ0n) is 6.29. The van der Waals surface area contributed by atoms with Gasteiger partial charge in [-0.15, -0.1) is 24.8 Å². The number of halogens is 2. The molecule has 0 radical (unpaired) electrons. The van der Waals surface area contributed by atoms with E-state index in [4.69, 9.17) is 0 Å². The summed E-state index contributed by atoms with van der Waals surface area (Å²) < 4.78 is 1.55. The Labute approximate surface area is 96.5 Å². The molecule has 0 saturated carbocycles. The standard InChI is InChI=1S/C7H9S.2ClH.Ti/c1-8-6-7-4-2-3-5-7;;;/h2,4H,3,6H2,1H3;2*1H;. The predicted octanol–water partition coefficient (Wildman–Crippen LogP) is 2.95. The van der Waals surface area contributed by atoms with E-state index < -0.39 is 0 Å². The third kappa shape index (κ3) is 4.64. The van der Waals surface area contributed by atoms with Crippen molar-refractivity contribution in [1.29, 1.82) is 0 Å². The third-order valence-corrected chi connectivity index (χ3v) is 2.75. The number of rotatable bonds is 2. The van der Waals surface area contributed by atoms with Gasteiger partial charge in [-0.05, 0) is 0 Å². The van der Waals surface area contributed by atoms with Crippen molar-refractivity contribution in [3.05, 3.63) is 21.6 Å². The van der Waals surface area contributed by atoms with Crippen LogP contribution in [0.15, 0.2) is 21.6 Å². The molecule has 0 aromatic heterocycles. The summed E-state index contributed by atoms with van der Waals surface area (Å²) in [5, 5.41) is 0. The van der Waals surface area contributed by atoms with Crippen molar-refractivity contribution in [2.45, 2.75) is 6.42 Å². The van der Waals surface area contributed by atoms with E-state index >= 15 is 0 Å². The quantitative estimate of drug-likeness (QED) is 0.675. The normalized spacial score (nSPS) is 14.2. The minimum absolute atomic E-state index is 0.